The quantitative estimate of drug-likeness (QED) is 0.779. The molecular formula is C14H21ClN4. The van der Waals surface area contributed by atoms with Crippen LogP contribution in [0.4, 0.5) is 11.5 Å². The highest BCUT2D eigenvalue weighted by Crippen LogP contribution is 2.38. The van der Waals surface area contributed by atoms with E-state index in [2.05, 4.69) is 33.7 Å². The van der Waals surface area contributed by atoms with Gasteiger partial charge >= 0.3 is 0 Å². The van der Waals surface area contributed by atoms with Gasteiger partial charge in [-0.2, -0.15) is 4.98 Å². The Hall–Kier alpha value is -1.03. The van der Waals surface area contributed by atoms with Crippen molar-refractivity contribution in [2.75, 3.05) is 23.4 Å². The second kappa shape index (κ2) is 5.16. The summed E-state index contributed by atoms with van der Waals surface area (Å²) in [6, 6.07) is 1.16. The highest BCUT2D eigenvalue weighted by molar-refractivity contribution is 6.28. The van der Waals surface area contributed by atoms with Crippen LogP contribution in [-0.2, 0) is 0 Å². The van der Waals surface area contributed by atoms with Gasteiger partial charge in [0.15, 0.2) is 5.82 Å². The van der Waals surface area contributed by atoms with Gasteiger partial charge in [0.2, 0.25) is 5.28 Å². The van der Waals surface area contributed by atoms with E-state index in [1.807, 2.05) is 6.20 Å². The zero-order valence-corrected chi connectivity index (χ0v) is 12.4. The van der Waals surface area contributed by atoms with Crippen molar-refractivity contribution in [3.63, 3.8) is 0 Å². The van der Waals surface area contributed by atoms with Gasteiger partial charge in [-0.15, -0.1) is 0 Å². The van der Waals surface area contributed by atoms with Crippen LogP contribution in [0.5, 0.6) is 0 Å². The molecule has 1 aromatic heterocycles. The first-order chi connectivity index (χ1) is 9.20. The van der Waals surface area contributed by atoms with Crippen LogP contribution in [0, 0.1) is 0 Å². The van der Waals surface area contributed by atoms with Crippen molar-refractivity contribution < 1.29 is 0 Å². The van der Waals surface area contributed by atoms with Crippen molar-refractivity contribution in [2.45, 2.75) is 51.1 Å². The summed E-state index contributed by atoms with van der Waals surface area (Å²) in [6.45, 7) is 3.30. The Bertz CT molecular complexity index is 459. The Morgan fingerprint density at radius 1 is 1.37 bits per heavy atom. The normalized spacial score (nSPS) is 23.8. The third-order valence-electron chi connectivity index (χ3n) is 4.44. The van der Waals surface area contributed by atoms with Crippen molar-refractivity contribution in [2.24, 2.45) is 0 Å². The maximum atomic E-state index is 6.02. The summed E-state index contributed by atoms with van der Waals surface area (Å²) < 4.78 is 0. The second-order valence-corrected chi connectivity index (χ2v) is 5.97. The molecule has 1 aromatic rings. The highest BCUT2D eigenvalue weighted by Gasteiger charge is 2.35. The van der Waals surface area contributed by atoms with Gasteiger partial charge < -0.3 is 9.80 Å². The zero-order chi connectivity index (χ0) is 13.4. The molecule has 0 radical (unpaired) electrons. The lowest BCUT2D eigenvalue weighted by Gasteiger charge is -2.45. The van der Waals surface area contributed by atoms with Gasteiger partial charge in [0.05, 0.1) is 11.9 Å². The Morgan fingerprint density at radius 2 is 2.11 bits per heavy atom. The Labute approximate surface area is 119 Å². The molecule has 104 valence electrons. The molecule has 0 spiro atoms. The molecule has 19 heavy (non-hydrogen) atoms. The number of fused-ring (bicyclic) bond motifs is 1. The maximum Gasteiger partial charge on any atom is 0.224 e. The van der Waals surface area contributed by atoms with E-state index in [9.17, 15) is 0 Å². The summed E-state index contributed by atoms with van der Waals surface area (Å²) in [5.41, 5.74) is 1.11. The Kier molecular flexibility index (Phi) is 3.52. The molecule has 0 bridgehead atoms. The third-order valence-corrected chi connectivity index (χ3v) is 4.63. The van der Waals surface area contributed by atoms with Crippen molar-refractivity contribution in [3.05, 3.63) is 11.5 Å². The van der Waals surface area contributed by atoms with Crippen LogP contribution < -0.4 is 9.80 Å². The lowest BCUT2D eigenvalue weighted by atomic mass is 10.0. The number of halogens is 1. The summed E-state index contributed by atoms with van der Waals surface area (Å²) >= 11 is 6.02. The van der Waals surface area contributed by atoms with E-state index in [4.69, 9.17) is 11.6 Å². The van der Waals surface area contributed by atoms with E-state index in [0.29, 0.717) is 17.4 Å². The van der Waals surface area contributed by atoms with Crippen molar-refractivity contribution >= 4 is 23.1 Å². The Morgan fingerprint density at radius 3 is 2.79 bits per heavy atom. The molecular weight excluding hydrogens is 260 g/mol. The molecule has 1 aliphatic heterocycles. The molecule has 1 fully saturated rings. The SMILES string of the molecule is CC[C@@H]1CN(C)c2cnc(Cl)nc2N1C1CCCC1. The molecule has 0 N–H and O–H groups in total. The number of likely N-dealkylation sites (N-methyl/N-ethyl adjacent to an activating group) is 1. The van der Waals surface area contributed by atoms with Crippen LogP contribution in [0.3, 0.4) is 0 Å². The molecule has 0 amide bonds. The average molecular weight is 281 g/mol. The minimum absolute atomic E-state index is 0.354. The van der Waals surface area contributed by atoms with Crippen LogP contribution in [-0.4, -0.2) is 35.6 Å². The lowest BCUT2D eigenvalue weighted by Crippen LogP contribution is -2.52. The minimum atomic E-state index is 0.354. The standard InChI is InChI=1S/C14H21ClN4/c1-3-10-9-18(2)12-8-16-14(15)17-13(12)19(10)11-6-4-5-7-11/h8,10-11H,3-7,9H2,1-2H3/t10-/m1/s1. The number of aromatic nitrogens is 2. The molecule has 2 heterocycles. The number of rotatable bonds is 2. The van der Waals surface area contributed by atoms with Gasteiger partial charge in [-0.1, -0.05) is 19.8 Å². The smallest absolute Gasteiger partial charge is 0.224 e. The van der Waals surface area contributed by atoms with Gasteiger partial charge in [0, 0.05) is 25.7 Å². The predicted molar refractivity (Wildman–Crippen MR) is 79.1 cm³/mol. The van der Waals surface area contributed by atoms with Crippen LogP contribution in [0.2, 0.25) is 5.28 Å². The molecule has 0 aromatic carbocycles. The van der Waals surface area contributed by atoms with E-state index >= 15 is 0 Å². The molecule has 5 heteroatoms. The van der Waals surface area contributed by atoms with Gasteiger partial charge in [-0.3, -0.25) is 0 Å². The fourth-order valence-electron chi connectivity index (χ4n) is 3.46. The lowest BCUT2D eigenvalue weighted by molar-refractivity contribution is 0.476. The fraction of sp³-hybridized carbons (Fsp3) is 0.714. The molecule has 1 atom stereocenters. The molecule has 1 aliphatic carbocycles. The van der Waals surface area contributed by atoms with Crippen LogP contribution in [0.1, 0.15) is 39.0 Å². The van der Waals surface area contributed by atoms with Crippen LogP contribution in [0.15, 0.2) is 6.20 Å². The zero-order valence-electron chi connectivity index (χ0n) is 11.6. The number of anilines is 2. The van der Waals surface area contributed by atoms with E-state index < -0.39 is 0 Å². The molecule has 0 saturated heterocycles. The first kappa shape index (κ1) is 13.0. The molecule has 3 rings (SSSR count). The summed E-state index contributed by atoms with van der Waals surface area (Å²) in [4.78, 5) is 13.4. The summed E-state index contributed by atoms with van der Waals surface area (Å²) in [7, 11) is 2.12. The van der Waals surface area contributed by atoms with Gasteiger partial charge in [0.1, 0.15) is 0 Å². The number of hydrogen-bond donors (Lipinski definition) is 0. The summed E-state index contributed by atoms with van der Waals surface area (Å²) in [5.74, 6) is 1.03. The van der Waals surface area contributed by atoms with E-state index in [-0.39, 0.29) is 0 Å². The van der Waals surface area contributed by atoms with Gasteiger partial charge in [-0.05, 0) is 30.9 Å². The average Bonchev–Trinajstić information content (AvgIpc) is 2.91. The molecule has 2 aliphatic rings. The van der Waals surface area contributed by atoms with Crippen molar-refractivity contribution in [1.82, 2.24) is 9.97 Å². The van der Waals surface area contributed by atoms with Crippen LogP contribution >= 0.6 is 11.6 Å². The predicted octanol–water partition coefficient (Wildman–Crippen LogP) is 3.11. The molecule has 4 nitrogen and oxygen atoms in total. The number of nitrogens with zero attached hydrogens (tertiary/aromatic N) is 4. The molecule has 0 unspecified atom stereocenters. The highest BCUT2D eigenvalue weighted by atomic mass is 35.5. The largest absolute Gasteiger partial charge is 0.368 e. The van der Waals surface area contributed by atoms with Crippen molar-refractivity contribution in [3.8, 4) is 0 Å². The van der Waals surface area contributed by atoms with E-state index in [1.165, 1.54) is 25.7 Å². The monoisotopic (exact) mass is 280 g/mol. The minimum Gasteiger partial charge on any atom is -0.368 e. The second-order valence-electron chi connectivity index (χ2n) is 5.64. The maximum absolute atomic E-state index is 6.02. The fourth-order valence-corrected chi connectivity index (χ4v) is 3.59. The van der Waals surface area contributed by atoms with Crippen molar-refractivity contribution in [1.29, 1.82) is 0 Å². The summed E-state index contributed by atoms with van der Waals surface area (Å²) in [5, 5.41) is 0.354. The van der Waals surface area contributed by atoms with Crippen LogP contribution in [0.25, 0.3) is 0 Å². The number of hydrogen-bond acceptors (Lipinski definition) is 4. The van der Waals surface area contributed by atoms with Gasteiger partial charge in [-0.25, -0.2) is 4.98 Å². The van der Waals surface area contributed by atoms with E-state index in [1.54, 1.807) is 0 Å². The van der Waals surface area contributed by atoms with Gasteiger partial charge in [0.25, 0.3) is 0 Å². The summed E-state index contributed by atoms with van der Waals surface area (Å²) in [6.07, 6.45) is 8.23. The van der Waals surface area contributed by atoms with E-state index in [0.717, 1.165) is 24.5 Å². The first-order valence-electron chi connectivity index (χ1n) is 7.22. The topological polar surface area (TPSA) is 32.3 Å². The Balaban J connectivity index is 2.03. The first-order valence-corrected chi connectivity index (χ1v) is 7.60. The third kappa shape index (κ3) is 2.27. The molecule has 1 saturated carbocycles.